The van der Waals surface area contributed by atoms with E-state index in [9.17, 15) is 4.79 Å². The Morgan fingerprint density at radius 2 is 2.07 bits per heavy atom. The van der Waals surface area contributed by atoms with E-state index < -0.39 is 0 Å². The minimum atomic E-state index is 0.0758. The van der Waals surface area contributed by atoms with E-state index >= 15 is 0 Å². The second-order valence-corrected chi connectivity index (χ2v) is 4.07. The third kappa shape index (κ3) is 2.47. The van der Waals surface area contributed by atoms with E-state index in [1.807, 2.05) is 4.90 Å². The van der Waals surface area contributed by atoms with Crippen molar-refractivity contribution in [2.24, 2.45) is 0 Å². The normalized spacial score (nSPS) is 27.4. The number of nitrogens with zero attached hydrogens (tertiary/aromatic N) is 1. The topological polar surface area (TPSA) is 32.3 Å². The van der Waals surface area contributed by atoms with Gasteiger partial charge in [-0.1, -0.05) is 26.7 Å². The molecule has 0 saturated carbocycles. The van der Waals surface area contributed by atoms with Crippen LogP contribution in [0.25, 0.3) is 0 Å². The van der Waals surface area contributed by atoms with Crippen molar-refractivity contribution < 1.29 is 4.79 Å². The number of amides is 1. The minimum absolute atomic E-state index is 0.0758. The second-order valence-electron chi connectivity index (χ2n) is 4.07. The van der Waals surface area contributed by atoms with Crippen molar-refractivity contribution in [3.8, 4) is 0 Å². The molecule has 14 heavy (non-hydrogen) atoms. The molecule has 82 valence electrons. The lowest BCUT2D eigenvalue weighted by Crippen LogP contribution is -2.35. The monoisotopic (exact) mass is 198 g/mol. The van der Waals surface area contributed by atoms with E-state index in [0.717, 1.165) is 32.2 Å². The number of hydrogen-bond donors (Lipinski definition) is 1. The zero-order valence-corrected chi connectivity index (χ0v) is 9.55. The van der Waals surface area contributed by atoms with E-state index in [0.29, 0.717) is 5.91 Å². The fourth-order valence-corrected chi connectivity index (χ4v) is 1.97. The minimum Gasteiger partial charge on any atom is -0.326 e. The maximum atomic E-state index is 11.9. The molecule has 0 aromatic heterocycles. The Bertz CT molecular complexity index is 194. The molecule has 1 heterocycles. The second kappa shape index (κ2) is 5.35. The Kier molecular flexibility index (Phi) is 4.39. The molecule has 1 saturated heterocycles. The summed E-state index contributed by atoms with van der Waals surface area (Å²) in [6.45, 7) is 7.25. The molecule has 0 aromatic carbocycles. The van der Waals surface area contributed by atoms with Crippen LogP contribution in [0.2, 0.25) is 0 Å². The first-order chi connectivity index (χ1) is 6.70. The molecule has 1 aliphatic heterocycles. The Labute approximate surface area is 86.9 Å². The summed E-state index contributed by atoms with van der Waals surface area (Å²) in [6, 6.07) is 0.0758. The fourth-order valence-electron chi connectivity index (χ4n) is 1.97. The molecule has 2 atom stereocenters. The molecular weight excluding hydrogens is 176 g/mol. The number of carbonyl (C=O) groups excluding carboxylic acids is 1. The van der Waals surface area contributed by atoms with Crippen LogP contribution in [0.15, 0.2) is 0 Å². The molecule has 1 fully saturated rings. The van der Waals surface area contributed by atoms with Crippen LogP contribution in [0.5, 0.6) is 0 Å². The van der Waals surface area contributed by atoms with E-state index in [2.05, 4.69) is 26.1 Å². The van der Waals surface area contributed by atoms with Gasteiger partial charge in [0.05, 0.1) is 12.2 Å². The molecule has 2 unspecified atom stereocenters. The van der Waals surface area contributed by atoms with Crippen molar-refractivity contribution in [2.45, 2.75) is 58.7 Å². The van der Waals surface area contributed by atoms with Gasteiger partial charge in [-0.3, -0.25) is 10.1 Å². The van der Waals surface area contributed by atoms with Crippen LogP contribution >= 0.6 is 0 Å². The maximum absolute atomic E-state index is 11.9. The zero-order chi connectivity index (χ0) is 10.6. The lowest BCUT2D eigenvalue weighted by atomic mass is 10.1. The summed E-state index contributed by atoms with van der Waals surface area (Å²) in [5.41, 5.74) is 0. The van der Waals surface area contributed by atoms with Gasteiger partial charge in [0.1, 0.15) is 0 Å². The van der Waals surface area contributed by atoms with E-state index in [1.54, 1.807) is 0 Å². The number of carbonyl (C=O) groups is 1. The summed E-state index contributed by atoms with van der Waals surface area (Å²) in [5.74, 6) is 0.299. The first kappa shape index (κ1) is 11.5. The van der Waals surface area contributed by atoms with Crippen molar-refractivity contribution >= 4 is 5.91 Å². The zero-order valence-electron chi connectivity index (χ0n) is 9.55. The van der Waals surface area contributed by atoms with Crippen LogP contribution in [0.1, 0.15) is 46.5 Å². The van der Waals surface area contributed by atoms with Crippen LogP contribution in [0.3, 0.4) is 0 Å². The summed E-state index contributed by atoms with van der Waals surface area (Å²) < 4.78 is 0. The SMILES string of the molecule is CCCCN1C(=O)C(CCC)NC1C. The quantitative estimate of drug-likeness (QED) is 0.729. The average Bonchev–Trinajstić information content (AvgIpc) is 2.41. The van der Waals surface area contributed by atoms with Gasteiger partial charge in [0.15, 0.2) is 0 Å². The number of rotatable bonds is 5. The third-order valence-corrected chi connectivity index (χ3v) is 2.82. The highest BCUT2D eigenvalue weighted by Gasteiger charge is 2.34. The highest BCUT2D eigenvalue weighted by atomic mass is 16.2. The fraction of sp³-hybridized carbons (Fsp3) is 0.909. The highest BCUT2D eigenvalue weighted by Crippen LogP contribution is 2.14. The van der Waals surface area contributed by atoms with Crippen LogP contribution in [-0.2, 0) is 4.79 Å². The van der Waals surface area contributed by atoms with Gasteiger partial charge in [-0.15, -0.1) is 0 Å². The lowest BCUT2D eigenvalue weighted by Gasteiger charge is -2.20. The smallest absolute Gasteiger partial charge is 0.241 e. The molecule has 0 aromatic rings. The Balaban J connectivity index is 2.47. The summed E-state index contributed by atoms with van der Waals surface area (Å²) >= 11 is 0. The average molecular weight is 198 g/mol. The Morgan fingerprint density at radius 1 is 1.36 bits per heavy atom. The van der Waals surface area contributed by atoms with Crippen LogP contribution in [0.4, 0.5) is 0 Å². The largest absolute Gasteiger partial charge is 0.326 e. The number of unbranched alkanes of at least 4 members (excludes halogenated alkanes) is 1. The molecule has 1 aliphatic rings. The van der Waals surface area contributed by atoms with E-state index in [4.69, 9.17) is 0 Å². The van der Waals surface area contributed by atoms with Crippen LogP contribution in [-0.4, -0.2) is 29.6 Å². The summed E-state index contributed by atoms with van der Waals surface area (Å²) in [6.07, 6.45) is 4.51. The molecule has 3 nitrogen and oxygen atoms in total. The third-order valence-electron chi connectivity index (χ3n) is 2.82. The molecule has 1 amide bonds. The van der Waals surface area contributed by atoms with Crippen molar-refractivity contribution in [1.82, 2.24) is 10.2 Å². The van der Waals surface area contributed by atoms with Crippen LogP contribution in [0, 0.1) is 0 Å². The van der Waals surface area contributed by atoms with Gasteiger partial charge >= 0.3 is 0 Å². The Morgan fingerprint density at radius 3 is 2.64 bits per heavy atom. The van der Waals surface area contributed by atoms with Gasteiger partial charge < -0.3 is 4.90 Å². The van der Waals surface area contributed by atoms with Crippen molar-refractivity contribution in [3.63, 3.8) is 0 Å². The Hall–Kier alpha value is -0.570. The van der Waals surface area contributed by atoms with E-state index in [1.165, 1.54) is 0 Å². The van der Waals surface area contributed by atoms with Gasteiger partial charge in [-0.25, -0.2) is 0 Å². The van der Waals surface area contributed by atoms with Crippen molar-refractivity contribution in [2.75, 3.05) is 6.54 Å². The molecule has 0 spiro atoms. The number of nitrogens with one attached hydrogen (secondary N) is 1. The molecule has 3 heteroatoms. The lowest BCUT2D eigenvalue weighted by molar-refractivity contribution is -0.130. The van der Waals surface area contributed by atoms with Gasteiger partial charge in [0.25, 0.3) is 0 Å². The van der Waals surface area contributed by atoms with Gasteiger partial charge in [-0.2, -0.15) is 0 Å². The van der Waals surface area contributed by atoms with Crippen molar-refractivity contribution in [1.29, 1.82) is 0 Å². The predicted molar refractivity (Wildman–Crippen MR) is 57.9 cm³/mol. The summed E-state index contributed by atoms with van der Waals surface area (Å²) in [4.78, 5) is 13.9. The summed E-state index contributed by atoms with van der Waals surface area (Å²) in [5, 5.41) is 3.34. The van der Waals surface area contributed by atoms with Crippen LogP contribution < -0.4 is 5.32 Å². The van der Waals surface area contributed by atoms with E-state index in [-0.39, 0.29) is 12.2 Å². The first-order valence-electron chi connectivity index (χ1n) is 5.77. The van der Waals surface area contributed by atoms with Gasteiger partial charge in [0, 0.05) is 6.54 Å². The van der Waals surface area contributed by atoms with Crippen molar-refractivity contribution in [3.05, 3.63) is 0 Å². The van der Waals surface area contributed by atoms with Gasteiger partial charge in [0.2, 0.25) is 5.91 Å². The highest BCUT2D eigenvalue weighted by molar-refractivity contribution is 5.84. The summed E-state index contributed by atoms with van der Waals surface area (Å²) in [7, 11) is 0. The molecule has 0 bridgehead atoms. The molecule has 1 rings (SSSR count). The standard InChI is InChI=1S/C11H22N2O/c1-4-6-8-13-9(3)12-10(7-5-2)11(13)14/h9-10,12H,4-8H2,1-3H3. The predicted octanol–water partition coefficient (Wildman–Crippen LogP) is 1.73. The van der Waals surface area contributed by atoms with Gasteiger partial charge in [-0.05, 0) is 19.8 Å². The molecule has 0 radical (unpaired) electrons. The number of hydrogen-bond acceptors (Lipinski definition) is 2. The molecular formula is C11H22N2O. The molecule has 0 aliphatic carbocycles. The first-order valence-corrected chi connectivity index (χ1v) is 5.77. The molecule has 1 N–H and O–H groups in total. The maximum Gasteiger partial charge on any atom is 0.241 e.